The molecule has 1 fully saturated rings. The van der Waals surface area contributed by atoms with Gasteiger partial charge in [0.2, 0.25) is 0 Å². The smallest absolute Gasteiger partial charge is 0.0631 e. The van der Waals surface area contributed by atoms with E-state index in [2.05, 4.69) is 49.4 Å². The van der Waals surface area contributed by atoms with Crippen molar-refractivity contribution in [2.75, 3.05) is 25.1 Å². The molecule has 1 heterocycles. The first kappa shape index (κ1) is 14.3. The van der Waals surface area contributed by atoms with E-state index in [0.29, 0.717) is 12.1 Å². The molecule has 2 atom stereocenters. The van der Waals surface area contributed by atoms with Crippen LogP contribution in [-0.4, -0.2) is 31.8 Å². The highest BCUT2D eigenvalue weighted by molar-refractivity contribution is 9.11. The van der Waals surface area contributed by atoms with E-state index in [4.69, 9.17) is 4.74 Å². The number of rotatable bonds is 4. The molecule has 0 radical (unpaired) electrons. The standard InChI is InChI=1S/C13H18Br2N2O/c1-9(7-10-8-18-6-5-16-10)17-13-11(14)3-2-4-12(13)15/h2-4,9-10,16-17H,5-8H2,1H3. The second-order valence-electron chi connectivity index (χ2n) is 4.60. The molecule has 2 unspecified atom stereocenters. The van der Waals surface area contributed by atoms with Crippen molar-refractivity contribution in [1.82, 2.24) is 5.32 Å². The van der Waals surface area contributed by atoms with E-state index in [1.807, 2.05) is 18.2 Å². The monoisotopic (exact) mass is 376 g/mol. The number of halogens is 2. The summed E-state index contributed by atoms with van der Waals surface area (Å²) < 4.78 is 7.63. The van der Waals surface area contributed by atoms with Crippen LogP contribution < -0.4 is 10.6 Å². The van der Waals surface area contributed by atoms with Crippen LogP contribution in [0.2, 0.25) is 0 Å². The highest BCUT2D eigenvalue weighted by atomic mass is 79.9. The molecule has 2 N–H and O–H groups in total. The van der Waals surface area contributed by atoms with Gasteiger partial charge in [0, 0.05) is 27.6 Å². The van der Waals surface area contributed by atoms with E-state index in [9.17, 15) is 0 Å². The Kier molecular flexibility index (Phi) is 5.48. The van der Waals surface area contributed by atoms with Gasteiger partial charge in [-0.15, -0.1) is 0 Å². The molecule has 0 bridgehead atoms. The molecule has 3 nitrogen and oxygen atoms in total. The van der Waals surface area contributed by atoms with Crippen molar-refractivity contribution < 1.29 is 4.74 Å². The Labute approximate surface area is 125 Å². The average molecular weight is 378 g/mol. The third-order valence-corrected chi connectivity index (χ3v) is 4.31. The van der Waals surface area contributed by atoms with Crippen LogP contribution in [-0.2, 0) is 4.74 Å². The zero-order valence-corrected chi connectivity index (χ0v) is 13.6. The molecule has 0 saturated carbocycles. The predicted octanol–water partition coefficient (Wildman–Crippen LogP) is 3.39. The van der Waals surface area contributed by atoms with Gasteiger partial charge in [0.05, 0.1) is 18.9 Å². The molecule has 1 saturated heterocycles. The van der Waals surface area contributed by atoms with E-state index in [-0.39, 0.29) is 0 Å². The Morgan fingerprint density at radius 2 is 2.17 bits per heavy atom. The molecule has 100 valence electrons. The number of benzene rings is 1. The molecule has 18 heavy (non-hydrogen) atoms. The lowest BCUT2D eigenvalue weighted by Gasteiger charge is -2.27. The van der Waals surface area contributed by atoms with Crippen LogP contribution in [0.4, 0.5) is 5.69 Å². The minimum absolute atomic E-state index is 0.388. The number of morpholine rings is 1. The minimum Gasteiger partial charge on any atom is -0.381 e. The molecule has 1 aliphatic rings. The van der Waals surface area contributed by atoms with Crippen LogP contribution in [0.25, 0.3) is 0 Å². The van der Waals surface area contributed by atoms with Gasteiger partial charge in [0.25, 0.3) is 0 Å². The van der Waals surface area contributed by atoms with E-state index < -0.39 is 0 Å². The summed E-state index contributed by atoms with van der Waals surface area (Å²) in [6.07, 6.45) is 1.05. The van der Waals surface area contributed by atoms with Crippen molar-refractivity contribution in [2.24, 2.45) is 0 Å². The van der Waals surface area contributed by atoms with E-state index in [1.165, 1.54) is 0 Å². The van der Waals surface area contributed by atoms with Crippen molar-refractivity contribution in [3.05, 3.63) is 27.1 Å². The summed E-state index contributed by atoms with van der Waals surface area (Å²) in [4.78, 5) is 0. The van der Waals surface area contributed by atoms with E-state index >= 15 is 0 Å². The average Bonchev–Trinajstić information content (AvgIpc) is 2.35. The largest absolute Gasteiger partial charge is 0.381 e. The molecular weight excluding hydrogens is 360 g/mol. The molecule has 0 aromatic heterocycles. The molecule has 5 heteroatoms. The lowest BCUT2D eigenvalue weighted by Crippen LogP contribution is -2.43. The fourth-order valence-corrected chi connectivity index (χ4v) is 3.37. The van der Waals surface area contributed by atoms with Crippen LogP contribution in [0.1, 0.15) is 13.3 Å². The Bertz CT molecular complexity index is 374. The topological polar surface area (TPSA) is 33.3 Å². The minimum atomic E-state index is 0.388. The normalized spacial score (nSPS) is 21.6. The van der Waals surface area contributed by atoms with Crippen molar-refractivity contribution in [3.8, 4) is 0 Å². The maximum Gasteiger partial charge on any atom is 0.0631 e. The maximum atomic E-state index is 5.47. The van der Waals surface area contributed by atoms with Crippen molar-refractivity contribution in [1.29, 1.82) is 0 Å². The van der Waals surface area contributed by atoms with Gasteiger partial charge in [0.15, 0.2) is 0 Å². The molecule has 1 aromatic carbocycles. The quantitative estimate of drug-likeness (QED) is 0.843. The summed E-state index contributed by atoms with van der Waals surface area (Å²) >= 11 is 7.14. The summed E-state index contributed by atoms with van der Waals surface area (Å²) in [6.45, 7) is 4.79. The van der Waals surface area contributed by atoms with Gasteiger partial charge in [-0.1, -0.05) is 6.07 Å². The Balaban J connectivity index is 1.92. The third-order valence-electron chi connectivity index (χ3n) is 2.99. The number of nitrogens with one attached hydrogen (secondary N) is 2. The summed E-state index contributed by atoms with van der Waals surface area (Å²) in [5.74, 6) is 0. The van der Waals surface area contributed by atoms with Crippen LogP contribution in [0, 0.1) is 0 Å². The fourth-order valence-electron chi connectivity index (χ4n) is 2.14. The molecule has 0 spiro atoms. The number of hydrogen-bond donors (Lipinski definition) is 2. The van der Waals surface area contributed by atoms with Gasteiger partial charge in [-0.3, -0.25) is 0 Å². The Morgan fingerprint density at radius 1 is 1.44 bits per heavy atom. The summed E-state index contributed by atoms with van der Waals surface area (Å²) in [5, 5.41) is 7.01. The highest BCUT2D eigenvalue weighted by Gasteiger charge is 2.17. The maximum absolute atomic E-state index is 5.47. The molecule has 0 amide bonds. The second kappa shape index (κ2) is 6.89. The summed E-state index contributed by atoms with van der Waals surface area (Å²) in [6, 6.07) is 6.94. The number of anilines is 1. The van der Waals surface area contributed by atoms with Crippen molar-refractivity contribution in [3.63, 3.8) is 0 Å². The zero-order valence-electron chi connectivity index (χ0n) is 10.4. The second-order valence-corrected chi connectivity index (χ2v) is 6.31. The van der Waals surface area contributed by atoms with Crippen molar-refractivity contribution >= 4 is 37.5 Å². The van der Waals surface area contributed by atoms with Gasteiger partial charge < -0.3 is 15.4 Å². The first-order valence-corrected chi connectivity index (χ1v) is 7.77. The number of para-hydroxylation sites is 1. The summed E-state index contributed by atoms with van der Waals surface area (Å²) in [7, 11) is 0. The van der Waals surface area contributed by atoms with Gasteiger partial charge in [-0.2, -0.15) is 0 Å². The molecule has 0 aliphatic carbocycles. The van der Waals surface area contributed by atoms with Gasteiger partial charge in [0.1, 0.15) is 0 Å². The molecular formula is C13H18Br2N2O. The molecule has 2 rings (SSSR count). The van der Waals surface area contributed by atoms with Gasteiger partial charge >= 0.3 is 0 Å². The highest BCUT2D eigenvalue weighted by Crippen LogP contribution is 2.31. The third kappa shape index (κ3) is 3.95. The van der Waals surface area contributed by atoms with E-state index in [1.54, 1.807) is 0 Å². The molecule has 1 aromatic rings. The predicted molar refractivity (Wildman–Crippen MR) is 82.2 cm³/mol. The Morgan fingerprint density at radius 3 is 2.78 bits per heavy atom. The van der Waals surface area contributed by atoms with Crippen LogP contribution in [0.5, 0.6) is 0 Å². The first-order chi connectivity index (χ1) is 8.66. The molecule has 1 aliphatic heterocycles. The van der Waals surface area contributed by atoms with Crippen LogP contribution in [0.15, 0.2) is 27.1 Å². The summed E-state index contributed by atoms with van der Waals surface area (Å²) in [5.41, 5.74) is 1.11. The van der Waals surface area contributed by atoms with Crippen molar-refractivity contribution in [2.45, 2.75) is 25.4 Å². The van der Waals surface area contributed by atoms with Crippen LogP contribution >= 0.6 is 31.9 Å². The first-order valence-electron chi connectivity index (χ1n) is 6.18. The lowest BCUT2D eigenvalue weighted by molar-refractivity contribution is 0.0731. The van der Waals surface area contributed by atoms with Gasteiger partial charge in [-0.25, -0.2) is 0 Å². The number of hydrogen-bond acceptors (Lipinski definition) is 3. The number of ether oxygens (including phenoxy) is 1. The fraction of sp³-hybridized carbons (Fsp3) is 0.538. The lowest BCUT2D eigenvalue weighted by atomic mass is 10.1. The Hall–Kier alpha value is -0.100. The SMILES string of the molecule is CC(CC1COCCN1)Nc1c(Br)cccc1Br. The van der Waals surface area contributed by atoms with E-state index in [0.717, 1.165) is 40.8 Å². The van der Waals surface area contributed by atoms with Crippen LogP contribution in [0.3, 0.4) is 0 Å². The van der Waals surface area contributed by atoms with Gasteiger partial charge in [-0.05, 0) is 57.3 Å². The zero-order chi connectivity index (χ0) is 13.0.